The third-order valence-corrected chi connectivity index (χ3v) is 4.47. The molecule has 2 aromatic rings. The molecule has 112 valence electrons. The van der Waals surface area contributed by atoms with Crippen LogP contribution in [-0.2, 0) is 10.0 Å². The molecule has 0 bridgehead atoms. The van der Waals surface area contributed by atoms with Crippen LogP contribution in [0.15, 0.2) is 53.6 Å². The van der Waals surface area contributed by atoms with Gasteiger partial charge in [0.1, 0.15) is 5.82 Å². The Morgan fingerprint density at radius 3 is 2.43 bits per heavy atom. The van der Waals surface area contributed by atoms with Gasteiger partial charge in [-0.05, 0) is 37.6 Å². The van der Waals surface area contributed by atoms with E-state index in [1.807, 2.05) is 0 Å². The molecule has 0 amide bonds. The van der Waals surface area contributed by atoms with E-state index in [0.717, 1.165) is 12.2 Å². The first-order chi connectivity index (χ1) is 10.0. The van der Waals surface area contributed by atoms with Gasteiger partial charge in [-0.15, -0.1) is 0 Å². The topological polar surface area (TPSA) is 71.1 Å². The second kappa shape index (κ2) is 6.58. The quantitative estimate of drug-likeness (QED) is 0.860. The standard InChI is InChI=1S/C15H19N3O2S/c1-3-12(2)17-15-10-9-13(11-16-15)18-21(19,20)14-7-5-4-6-8-14/h4-12,18H,3H2,1-2H3,(H,16,17). The smallest absolute Gasteiger partial charge is 0.261 e. The molecule has 0 saturated heterocycles. The molecule has 21 heavy (non-hydrogen) atoms. The lowest BCUT2D eigenvalue weighted by Gasteiger charge is -2.12. The lowest BCUT2D eigenvalue weighted by atomic mass is 10.2. The summed E-state index contributed by atoms with van der Waals surface area (Å²) in [6.45, 7) is 4.15. The van der Waals surface area contributed by atoms with E-state index in [0.29, 0.717) is 11.7 Å². The number of sulfonamides is 1. The summed E-state index contributed by atoms with van der Waals surface area (Å²) in [5, 5.41) is 3.22. The molecule has 0 aliphatic rings. The number of hydrogen-bond donors (Lipinski definition) is 2. The number of anilines is 2. The Morgan fingerprint density at radius 2 is 1.86 bits per heavy atom. The van der Waals surface area contributed by atoms with Crippen LogP contribution < -0.4 is 10.0 Å². The van der Waals surface area contributed by atoms with Crippen molar-refractivity contribution in [3.8, 4) is 0 Å². The Kier molecular flexibility index (Phi) is 4.80. The Hall–Kier alpha value is -2.08. The molecule has 1 aromatic heterocycles. The first-order valence-corrected chi connectivity index (χ1v) is 8.30. The number of pyridine rings is 1. The van der Waals surface area contributed by atoms with Gasteiger partial charge in [-0.1, -0.05) is 25.1 Å². The van der Waals surface area contributed by atoms with E-state index in [1.54, 1.807) is 42.5 Å². The predicted molar refractivity (Wildman–Crippen MR) is 84.9 cm³/mol. The van der Waals surface area contributed by atoms with Crippen molar-refractivity contribution in [3.63, 3.8) is 0 Å². The van der Waals surface area contributed by atoms with Gasteiger partial charge in [-0.25, -0.2) is 13.4 Å². The molecule has 1 heterocycles. The van der Waals surface area contributed by atoms with Crippen molar-refractivity contribution in [3.05, 3.63) is 48.7 Å². The average molecular weight is 305 g/mol. The molecule has 0 fully saturated rings. The predicted octanol–water partition coefficient (Wildman–Crippen LogP) is 3.09. The van der Waals surface area contributed by atoms with Gasteiger partial charge < -0.3 is 5.32 Å². The van der Waals surface area contributed by atoms with Crippen LogP contribution in [0.4, 0.5) is 11.5 Å². The summed E-state index contributed by atoms with van der Waals surface area (Å²) < 4.78 is 26.8. The highest BCUT2D eigenvalue weighted by Gasteiger charge is 2.13. The van der Waals surface area contributed by atoms with E-state index in [-0.39, 0.29) is 4.90 Å². The van der Waals surface area contributed by atoms with Crippen LogP contribution >= 0.6 is 0 Å². The number of benzene rings is 1. The molecular formula is C15H19N3O2S. The summed E-state index contributed by atoms with van der Waals surface area (Å²) in [6, 6.07) is 12.0. The number of nitrogens with one attached hydrogen (secondary N) is 2. The molecule has 5 nitrogen and oxygen atoms in total. The third-order valence-electron chi connectivity index (χ3n) is 3.08. The zero-order valence-corrected chi connectivity index (χ0v) is 12.9. The monoisotopic (exact) mass is 305 g/mol. The van der Waals surface area contributed by atoms with Crippen molar-refractivity contribution >= 4 is 21.5 Å². The minimum Gasteiger partial charge on any atom is -0.368 e. The molecule has 0 aliphatic carbocycles. The fourth-order valence-corrected chi connectivity index (χ4v) is 2.77. The Balaban J connectivity index is 2.10. The minimum atomic E-state index is -3.56. The number of nitrogens with zero attached hydrogens (tertiary/aromatic N) is 1. The Labute approximate surface area is 125 Å². The van der Waals surface area contributed by atoms with Crippen LogP contribution in [0.25, 0.3) is 0 Å². The van der Waals surface area contributed by atoms with E-state index in [1.165, 1.54) is 6.20 Å². The van der Waals surface area contributed by atoms with Crippen molar-refractivity contribution in [1.29, 1.82) is 0 Å². The molecular weight excluding hydrogens is 286 g/mol. The van der Waals surface area contributed by atoms with Gasteiger partial charge in [0.05, 0.1) is 16.8 Å². The summed E-state index contributed by atoms with van der Waals surface area (Å²) in [4.78, 5) is 4.43. The molecule has 2 rings (SSSR count). The van der Waals surface area contributed by atoms with Crippen LogP contribution in [0.3, 0.4) is 0 Å². The third kappa shape index (κ3) is 4.19. The molecule has 0 radical (unpaired) electrons. The maximum atomic E-state index is 12.2. The SMILES string of the molecule is CCC(C)Nc1ccc(NS(=O)(=O)c2ccccc2)cn1. The fourth-order valence-electron chi connectivity index (χ4n) is 1.71. The highest BCUT2D eigenvalue weighted by Crippen LogP contribution is 2.16. The van der Waals surface area contributed by atoms with Crippen molar-refractivity contribution in [2.75, 3.05) is 10.0 Å². The van der Waals surface area contributed by atoms with Gasteiger partial charge in [0.25, 0.3) is 10.0 Å². The van der Waals surface area contributed by atoms with Gasteiger partial charge in [0.15, 0.2) is 0 Å². The highest BCUT2D eigenvalue weighted by atomic mass is 32.2. The first-order valence-electron chi connectivity index (χ1n) is 6.81. The normalized spacial score (nSPS) is 12.7. The summed E-state index contributed by atoms with van der Waals surface area (Å²) >= 11 is 0. The zero-order chi connectivity index (χ0) is 15.3. The number of hydrogen-bond acceptors (Lipinski definition) is 4. The summed E-state index contributed by atoms with van der Waals surface area (Å²) in [5.74, 6) is 0.729. The van der Waals surface area contributed by atoms with Crippen molar-refractivity contribution in [2.45, 2.75) is 31.2 Å². The van der Waals surface area contributed by atoms with E-state index in [9.17, 15) is 8.42 Å². The molecule has 0 saturated carbocycles. The van der Waals surface area contributed by atoms with Gasteiger partial charge in [0, 0.05) is 6.04 Å². The van der Waals surface area contributed by atoms with E-state index >= 15 is 0 Å². The number of rotatable bonds is 6. The molecule has 1 aromatic carbocycles. The highest BCUT2D eigenvalue weighted by molar-refractivity contribution is 7.92. The molecule has 6 heteroatoms. The second-order valence-electron chi connectivity index (χ2n) is 4.80. The van der Waals surface area contributed by atoms with Gasteiger partial charge >= 0.3 is 0 Å². The van der Waals surface area contributed by atoms with E-state index in [4.69, 9.17) is 0 Å². The first kappa shape index (κ1) is 15.3. The van der Waals surface area contributed by atoms with E-state index < -0.39 is 10.0 Å². The van der Waals surface area contributed by atoms with Crippen molar-refractivity contribution < 1.29 is 8.42 Å². The van der Waals surface area contributed by atoms with Gasteiger partial charge in [0.2, 0.25) is 0 Å². The van der Waals surface area contributed by atoms with E-state index in [2.05, 4.69) is 28.9 Å². The largest absolute Gasteiger partial charge is 0.368 e. The van der Waals surface area contributed by atoms with Crippen LogP contribution in [0.2, 0.25) is 0 Å². The van der Waals surface area contributed by atoms with Crippen molar-refractivity contribution in [2.24, 2.45) is 0 Å². The Morgan fingerprint density at radius 1 is 1.14 bits per heavy atom. The lowest BCUT2D eigenvalue weighted by Crippen LogP contribution is -2.15. The van der Waals surface area contributed by atoms with Crippen LogP contribution in [0.5, 0.6) is 0 Å². The molecule has 1 atom stereocenters. The molecule has 0 spiro atoms. The summed E-state index contributed by atoms with van der Waals surface area (Å²) in [6.07, 6.45) is 2.50. The zero-order valence-electron chi connectivity index (χ0n) is 12.1. The number of aromatic nitrogens is 1. The van der Waals surface area contributed by atoms with Crippen molar-refractivity contribution in [1.82, 2.24) is 4.98 Å². The minimum absolute atomic E-state index is 0.229. The summed E-state index contributed by atoms with van der Waals surface area (Å²) in [7, 11) is -3.56. The Bertz CT molecular complexity index is 670. The average Bonchev–Trinajstić information content (AvgIpc) is 2.50. The van der Waals surface area contributed by atoms with Crippen LogP contribution in [0.1, 0.15) is 20.3 Å². The molecule has 1 unspecified atom stereocenters. The summed E-state index contributed by atoms with van der Waals surface area (Å²) in [5.41, 5.74) is 0.438. The van der Waals surface area contributed by atoms with Gasteiger partial charge in [-0.2, -0.15) is 0 Å². The molecule has 2 N–H and O–H groups in total. The maximum Gasteiger partial charge on any atom is 0.261 e. The lowest BCUT2D eigenvalue weighted by molar-refractivity contribution is 0.601. The fraction of sp³-hybridized carbons (Fsp3) is 0.267. The van der Waals surface area contributed by atoms with Gasteiger partial charge in [-0.3, -0.25) is 4.72 Å². The molecule has 0 aliphatic heterocycles. The maximum absolute atomic E-state index is 12.2. The van der Waals surface area contributed by atoms with Crippen LogP contribution in [-0.4, -0.2) is 19.4 Å². The second-order valence-corrected chi connectivity index (χ2v) is 6.49. The van der Waals surface area contributed by atoms with Crippen LogP contribution in [0, 0.1) is 0 Å².